The van der Waals surface area contributed by atoms with Gasteiger partial charge in [0.2, 0.25) is 0 Å². The van der Waals surface area contributed by atoms with Crippen molar-refractivity contribution in [3.05, 3.63) is 79.5 Å². The third-order valence-corrected chi connectivity index (χ3v) is 3.89. The summed E-state index contributed by atoms with van der Waals surface area (Å²) in [4.78, 5) is 25.1. The maximum atomic E-state index is 11.7. The number of halogens is 1. The molecule has 0 aliphatic heterocycles. The summed E-state index contributed by atoms with van der Waals surface area (Å²) in [5.74, 6) is 0. The van der Waals surface area contributed by atoms with Crippen molar-refractivity contribution in [1.82, 2.24) is 9.55 Å². The smallest absolute Gasteiger partial charge is 0.296 e. The molecular formula is C15H11BrN2O2. The first-order valence-corrected chi connectivity index (χ1v) is 6.90. The van der Waals surface area contributed by atoms with Crippen molar-refractivity contribution in [1.29, 1.82) is 0 Å². The van der Waals surface area contributed by atoms with Crippen LogP contribution in [0, 0.1) is 0 Å². The Morgan fingerprint density at radius 1 is 1.00 bits per heavy atom. The van der Waals surface area contributed by atoms with Gasteiger partial charge < -0.3 is 0 Å². The minimum atomic E-state index is -0.399. The second-order valence-electron chi connectivity index (χ2n) is 4.49. The van der Waals surface area contributed by atoms with Crippen molar-refractivity contribution in [2.24, 2.45) is 0 Å². The molecule has 0 unspecified atom stereocenters. The summed E-state index contributed by atoms with van der Waals surface area (Å²) in [6.45, 7) is 0.420. The Kier molecular flexibility index (Phi) is 3.28. The average Bonchev–Trinajstić information content (AvgIpc) is 2.45. The van der Waals surface area contributed by atoms with Crippen LogP contribution in [-0.4, -0.2) is 9.55 Å². The predicted molar refractivity (Wildman–Crippen MR) is 82.1 cm³/mol. The van der Waals surface area contributed by atoms with Crippen molar-refractivity contribution >= 4 is 26.7 Å². The third kappa shape index (κ3) is 2.32. The molecule has 1 N–H and O–H groups in total. The predicted octanol–water partition coefficient (Wildman–Crippen LogP) is 2.50. The zero-order chi connectivity index (χ0) is 14.1. The highest BCUT2D eigenvalue weighted by molar-refractivity contribution is 9.10. The van der Waals surface area contributed by atoms with Crippen molar-refractivity contribution in [2.75, 3.05) is 0 Å². The Labute approximate surface area is 122 Å². The van der Waals surface area contributed by atoms with E-state index in [9.17, 15) is 9.59 Å². The van der Waals surface area contributed by atoms with Gasteiger partial charge in [-0.25, -0.2) is 4.79 Å². The van der Waals surface area contributed by atoms with Gasteiger partial charge >= 0.3 is 5.69 Å². The summed E-state index contributed by atoms with van der Waals surface area (Å²) in [6, 6.07) is 13.3. The molecule has 0 saturated carbocycles. The molecule has 0 bridgehead atoms. The van der Waals surface area contributed by atoms with Gasteiger partial charge in [-0.05, 0) is 22.4 Å². The monoisotopic (exact) mass is 330 g/mol. The number of benzene rings is 2. The molecular weight excluding hydrogens is 320 g/mol. The molecule has 1 heterocycles. The van der Waals surface area contributed by atoms with Crippen molar-refractivity contribution in [3.8, 4) is 0 Å². The van der Waals surface area contributed by atoms with Crippen LogP contribution >= 0.6 is 15.9 Å². The topological polar surface area (TPSA) is 54.9 Å². The van der Waals surface area contributed by atoms with E-state index in [1.54, 1.807) is 0 Å². The second kappa shape index (κ2) is 5.09. The summed E-state index contributed by atoms with van der Waals surface area (Å²) < 4.78 is 2.50. The molecule has 20 heavy (non-hydrogen) atoms. The SMILES string of the molecule is O=c1ccn(Cc2ccc(Br)c3ccccc23)c(=O)[nH]1. The maximum absolute atomic E-state index is 11.7. The number of H-pyrrole nitrogens is 1. The summed E-state index contributed by atoms with van der Waals surface area (Å²) >= 11 is 3.52. The van der Waals surface area contributed by atoms with Crippen LogP contribution in [0.2, 0.25) is 0 Å². The van der Waals surface area contributed by atoms with Crippen molar-refractivity contribution in [3.63, 3.8) is 0 Å². The number of aromatic nitrogens is 2. The Balaban J connectivity index is 2.14. The highest BCUT2D eigenvalue weighted by Gasteiger charge is 2.05. The van der Waals surface area contributed by atoms with Crippen LogP contribution in [0.4, 0.5) is 0 Å². The molecule has 0 radical (unpaired) electrons. The summed E-state index contributed by atoms with van der Waals surface area (Å²) in [6.07, 6.45) is 1.51. The van der Waals surface area contributed by atoms with E-state index in [1.807, 2.05) is 36.4 Å². The lowest BCUT2D eigenvalue weighted by molar-refractivity contribution is 0.724. The zero-order valence-electron chi connectivity index (χ0n) is 10.5. The molecule has 0 fully saturated rings. The fourth-order valence-corrected chi connectivity index (χ4v) is 2.69. The molecule has 3 rings (SSSR count). The summed E-state index contributed by atoms with van der Waals surface area (Å²) in [5.41, 5.74) is 0.245. The van der Waals surface area contributed by atoms with Crippen LogP contribution in [0.5, 0.6) is 0 Å². The minimum absolute atomic E-state index is 0.382. The fourth-order valence-electron chi connectivity index (χ4n) is 2.21. The number of fused-ring (bicyclic) bond motifs is 1. The van der Waals surface area contributed by atoms with Crippen LogP contribution in [0.1, 0.15) is 5.56 Å². The number of rotatable bonds is 2. The lowest BCUT2D eigenvalue weighted by Crippen LogP contribution is -2.28. The minimum Gasteiger partial charge on any atom is -0.296 e. The number of hydrogen-bond acceptors (Lipinski definition) is 2. The lowest BCUT2D eigenvalue weighted by atomic mass is 10.0. The molecule has 0 aliphatic carbocycles. The highest BCUT2D eigenvalue weighted by Crippen LogP contribution is 2.27. The molecule has 3 aromatic rings. The molecule has 0 spiro atoms. The maximum Gasteiger partial charge on any atom is 0.328 e. The number of nitrogens with one attached hydrogen (secondary N) is 1. The summed E-state index contributed by atoms with van der Waals surface area (Å²) in [7, 11) is 0. The first-order chi connectivity index (χ1) is 9.65. The number of nitrogens with zero attached hydrogens (tertiary/aromatic N) is 1. The van der Waals surface area contributed by atoms with Crippen LogP contribution in [-0.2, 0) is 6.54 Å². The molecule has 0 atom stereocenters. The van der Waals surface area contributed by atoms with Gasteiger partial charge in [-0.1, -0.05) is 46.3 Å². The van der Waals surface area contributed by atoms with Crippen LogP contribution < -0.4 is 11.2 Å². The van der Waals surface area contributed by atoms with E-state index in [2.05, 4.69) is 20.9 Å². The first-order valence-electron chi connectivity index (χ1n) is 6.11. The van der Waals surface area contributed by atoms with E-state index in [0.717, 1.165) is 20.8 Å². The molecule has 1 aromatic heterocycles. The van der Waals surface area contributed by atoms with Gasteiger partial charge in [0.05, 0.1) is 6.54 Å². The average molecular weight is 331 g/mol. The van der Waals surface area contributed by atoms with Gasteiger partial charge in [-0.2, -0.15) is 0 Å². The van der Waals surface area contributed by atoms with E-state index in [0.29, 0.717) is 6.54 Å². The molecule has 0 aliphatic rings. The Bertz CT molecular complexity index is 896. The second-order valence-corrected chi connectivity index (χ2v) is 5.34. The molecule has 4 nitrogen and oxygen atoms in total. The highest BCUT2D eigenvalue weighted by atomic mass is 79.9. The van der Waals surface area contributed by atoms with E-state index in [4.69, 9.17) is 0 Å². The van der Waals surface area contributed by atoms with Crippen molar-refractivity contribution < 1.29 is 0 Å². The Morgan fingerprint density at radius 2 is 1.75 bits per heavy atom. The summed E-state index contributed by atoms with van der Waals surface area (Å²) in [5, 5.41) is 2.18. The first kappa shape index (κ1) is 12.9. The Morgan fingerprint density at radius 3 is 2.50 bits per heavy atom. The molecule has 2 aromatic carbocycles. The van der Waals surface area contributed by atoms with Crippen LogP contribution in [0.3, 0.4) is 0 Å². The van der Waals surface area contributed by atoms with Gasteiger partial charge in [0.1, 0.15) is 0 Å². The third-order valence-electron chi connectivity index (χ3n) is 3.20. The van der Waals surface area contributed by atoms with Gasteiger partial charge in [0.15, 0.2) is 0 Å². The van der Waals surface area contributed by atoms with Gasteiger partial charge in [0.25, 0.3) is 5.56 Å². The lowest BCUT2D eigenvalue weighted by Gasteiger charge is -2.09. The standard InChI is InChI=1S/C15H11BrN2O2/c16-13-6-5-10(11-3-1-2-4-12(11)13)9-18-8-7-14(19)17-15(18)20/h1-8H,9H2,(H,17,19,20). The number of hydrogen-bond donors (Lipinski definition) is 1. The van der Waals surface area contributed by atoms with Crippen molar-refractivity contribution in [2.45, 2.75) is 6.54 Å². The van der Waals surface area contributed by atoms with Gasteiger partial charge in [-0.3, -0.25) is 14.3 Å². The molecule has 100 valence electrons. The van der Waals surface area contributed by atoms with E-state index < -0.39 is 5.69 Å². The van der Waals surface area contributed by atoms with E-state index in [1.165, 1.54) is 16.8 Å². The van der Waals surface area contributed by atoms with E-state index >= 15 is 0 Å². The normalized spacial score (nSPS) is 10.8. The van der Waals surface area contributed by atoms with E-state index in [-0.39, 0.29) is 5.56 Å². The largest absolute Gasteiger partial charge is 0.328 e. The molecule has 5 heteroatoms. The Hall–Kier alpha value is -2.14. The van der Waals surface area contributed by atoms with Crippen LogP contribution in [0.25, 0.3) is 10.8 Å². The zero-order valence-corrected chi connectivity index (χ0v) is 12.1. The molecule has 0 amide bonds. The molecule has 0 saturated heterocycles. The quantitative estimate of drug-likeness (QED) is 0.784. The fraction of sp³-hybridized carbons (Fsp3) is 0.0667. The van der Waals surface area contributed by atoms with Crippen LogP contribution in [0.15, 0.2) is 62.7 Å². The van der Waals surface area contributed by atoms with Gasteiger partial charge in [0, 0.05) is 16.7 Å². The van der Waals surface area contributed by atoms with Gasteiger partial charge in [-0.15, -0.1) is 0 Å². The number of aromatic amines is 1.